The number of halogens is 3. The summed E-state index contributed by atoms with van der Waals surface area (Å²) >= 11 is 15.9. The smallest absolute Gasteiger partial charge is 0.208 e. The highest BCUT2D eigenvalue weighted by molar-refractivity contribution is 9.10. The molecule has 1 aromatic heterocycles. The lowest BCUT2D eigenvalue weighted by atomic mass is 10.1. The quantitative estimate of drug-likeness (QED) is 0.570. The Hall–Kier alpha value is -1.56. The molecule has 0 aliphatic carbocycles. The van der Waals surface area contributed by atoms with Crippen molar-refractivity contribution in [2.75, 3.05) is 5.32 Å². The number of carbonyl (C=O) groups excluding carboxylic acids is 1. The molecule has 4 nitrogen and oxygen atoms in total. The van der Waals surface area contributed by atoms with E-state index in [1.807, 2.05) is 11.6 Å². The summed E-state index contributed by atoms with van der Waals surface area (Å²) < 4.78 is 2.68. The average Bonchev–Trinajstić information content (AvgIpc) is 2.79. The van der Waals surface area contributed by atoms with Crippen LogP contribution in [-0.2, 0) is 7.05 Å². The highest BCUT2D eigenvalue weighted by atomic mass is 79.9. The first-order chi connectivity index (χ1) is 10.9. The number of anilines is 2. The Labute approximate surface area is 151 Å². The summed E-state index contributed by atoms with van der Waals surface area (Å²) in [7, 11) is 1.88. The first kappa shape index (κ1) is 16.3. The first-order valence-electron chi connectivity index (χ1n) is 6.76. The van der Waals surface area contributed by atoms with Crippen molar-refractivity contribution < 1.29 is 4.79 Å². The van der Waals surface area contributed by atoms with Gasteiger partial charge < -0.3 is 9.88 Å². The topological polar surface area (TPSA) is 46.9 Å². The monoisotopic (exact) mass is 411 g/mol. The van der Waals surface area contributed by atoms with Gasteiger partial charge in [0.1, 0.15) is 0 Å². The van der Waals surface area contributed by atoms with Crippen molar-refractivity contribution in [3.8, 4) is 0 Å². The molecule has 0 aliphatic heterocycles. The standard InChI is InChI=1S/C16H12BrCl2N3O/c1-8(23)9-6-10(17)15-13(7-9)20-16(22(15)2)21-14-11(18)4-3-5-12(14)19/h3-7H,1-2H3,(H,20,21). The molecule has 0 saturated heterocycles. The molecule has 118 valence electrons. The van der Waals surface area contributed by atoms with Crippen LogP contribution in [0.5, 0.6) is 0 Å². The highest BCUT2D eigenvalue weighted by Gasteiger charge is 2.15. The molecule has 0 unspecified atom stereocenters. The van der Waals surface area contributed by atoms with Crippen molar-refractivity contribution >= 4 is 67.6 Å². The molecule has 0 amide bonds. The number of nitrogens with zero attached hydrogens (tertiary/aromatic N) is 2. The molecule has 0 spiro atoms. The van der Waals surface area contributed by atoms with Crippen LogP contribution >= 0.6 is 39.1 Å². The second-order valence-corrected chi connectivity index (χ2v) is 6.77. The minimum atomic E-state index is -0.0121. The average molecular weight is 413 g/mol. The number of para-hydroxylation sites is 1. The van der Waals surface area contributed by atoms with Gasteiger partial charge in [-0.1, -0.05) is 29.3 Å². The summed E-state index contributed by atoms with van der Waals surface area (Å²) in [4.78, 5) is 16.2. The molecule has 23 heavy (non-hydrogen) atoms. The van der Waals surface area contributed by atoms with Crippen molar-refractivity contribution in [2.24, 2.45) is 7.05 Å². The maximum atomic E-state index is 11.6. The van der Waals surface area contributed by atoms with Gasteiger partial charge in [-0.05, 0) is 47.1 Å². The van der Waals surface area contributed by atoms with Gasteiger partial charge in [0, 0.05) is 17.1 Å². The van der Waals surface area contributed by atoms with E-state index in [1.54, 1.807) is 30.3 Å². The van der Waals surface area contributed by atoms with Gasteiger partial charge in [-0.3, -0.25) is 4.79 Å². The number of Topliss-reactive ketones (excluding diaryl/α,β-unsaturated/α-hetero) is 1. The number of nitrogens with one attached hydrogen (secondary N) is 1. The Morgan fingerprint density at radius 2 is 1.91 bits per heavy atom. The Morgan fingerprint density at radius 1 is 1.26 bits per heavy atom. The van der Waals surface area contributed by atoms with Crippen molar-refractivity contribution in [3.05, 3.63) is 50.4 Å². The lowest BCUT2D eigenvalue weighted by molar-refractivity contribution is 0.101. The summed E-state index contributed by atoms with van der Waals surface area (Å²) in [6.45, 7) is 1.53. The largest absolute Gasteiger partial charge is 0.323 e. The molecule has 2 aromatic carbocycles. The molecule has 0 fully saturated rings. The number of rotatable bonds is 3. The molecule has 7 heteroatoms. The summed E-state index contributed by atoms with van der Waals surface area (Å²) in [5.74, 6) is 0.568. The van der Waals surface area contributed by atoms with Crippen molar-refractivity contribution in [2.45, 2.75) is 6.92 Å². The van der Waals surface area contributed by atoms with Gasteiger partial charge in [0.2, 0.25) is 5.95 Å². The fourth-order valence-corrected chi connectivity index (χ4v) is 3.55. The second-order valence-electron chi connectivity index (χ2n) is 5.10. The Bertz CT molecular complexity index is 916. The molecule has 1 heterocycles. The Balaban J connectivity index is 2.14. The van der Waals surface area contributed by atoms with Gasteiger partial charge in [0.05, 0.1) is 26.8 Å². The van der Waals surface area contributed by atoms with Gasteiger partial charge in [-0.15, -0.1) is 0 Å². The van der Waals surface area contributed by atoms with Crippen molar-refractivity contribution in [3.63, 3.8) is 0 Å². The van der Waals surface area contributed by atoms with Gasteiger partial charge in [0.15, 0.2) is 5.78 Å². The molecular weight excluding hydrogens is 401 g/mol. The van der Waals surface area contributed by atoms with E-state index in [1.165, 1.54) is 6.92 Å². The first-order valence-corrected chi connectivity index (χ1v) is 8.31. The fraction of sp³-hybridized carbons (Fsp3) is 0.125. The van der Waals surface area contributed by atoms with Crippen LogP contribution in [-0.4, -0.2) is 15.3 Å². The molecule has 3 rings (SSSR count). The number of hydrogen-bond donors (Lipinski definition) is 1. The zero-order chi connectivity index (χ0) is 16.7. The van der Waals surface area contributed by atoms with Gasteiger partial charge in [-0.25, -0.2) is 4.98 Å². The predicted molar refractivity (Wildman–Crippen MR) is 98.2 cm³/mol. The van der Waals surface area contributed by atoms with Crippen LogP contribution in [0.25, 0.3) is 11.0 Å². The molecular formula is C16H12BrCl2N3O. The Morgan fingerprint density at radius 3 is 2.52 bits per heavy atom. The van der Waals surface area contributed by atoms with Crippen LogP contribution in [0.4, 0.5) is 11.6 Å². The van der Waals surface area contributed by atoms with E-state index in [9.17, 15) is 4.79 Å². The SMILES string of the molecule is CC(=O)c1cc(Br)c2c(c1)nc(Nc1c(Cl)cccc1Cl)n2C. The van der Waals surface area contributed by atoms with E-state index in [-0.39, 0.29) is 5.78 Å². The Kier molecular flexibility index (Phi) is 4.36. The zero-order valence-corrected chi connectivity index (χ0v) is 15.4. The van der Waals surface area contributed by atoms with Crippen LogP contribution in [0, 0.1) is 0 Å². The van der Waals surface area contributed by atoms with Crippen molar-refractivity contribution in [1.29, 1.82) is 0 Å². The molecule has 3 aromatic rings. The van der Waals surface area contributed by atoms with Crippen LogP contribution in [0.3, 0.4) is 0 Å². The molecule has 0 atom stereocenters. The minimum absolute atomic E-state index is 0.0121. The lowest BCUT2D eigenvalue weighted by Gasteiger charge is -2.10. The minimum Gasteiger partial charge on any atom is -0.323 e. The van der Waals surface area contributed by atoms with Crippen LogP contribution in [0.15, 0.2) is 34.8 Å². The summed E-state index contributed by atoms with van der Waals surface area (Å²) in [6.07, 6.45) is 0. The number of imidazole rings is 1. The summed E-state index contributed by atoms with van der Waals surface area (Å²) in [5.41, 5.74) is 2.78. The number of carbonyl (C=O) groups is 1. The van der Waals surface area contributed by atoms with E-state index in [4.69, 9.17) is 23.2 Å². The van der Waals surface area contributed by atoms with Crippen LogP contribution in [0.1, 0.15) is 17.3 Å². The van der Waals surface area contributed by atoms with Crippen LogP contribution < -0.4 is 5.32 Å². The maximum absolute atomic E-state index is 11.6. The third kappa shape index (κ3) is 2.96. The second kappa shape index (κ2) is 6.15. The summed E-state index contributed by atoms with van der Waals surface area (Å²) in [6, 6.07) is 8.84. The lowest BCUT2D eigenvalue weighted by Crippen LogP contribution is -2.00. The number of aryl methyl sites for hydroxylation is 1. The molecule has 0 bridgehead atoms. The van der Waals surface area contributed by atoms with Gasteiger partial charge >= 0.3 is 0 Å². The van der Waals surface area contributed by atoms with E-state index in [0.717, 1.165) is 9.99 Å². The third-order valence-electron chi connectivity index (χ3n) is 3.53. The molecule has 0 radical (unpaired) electrons. The van der Waals surface area contributed by atoms with E-state index < -0.39 is 0 Å². The predicted octanol–water partition coefficient (Wildman–Crippen LogP) is 5.59. The number of fused-ring (bicyclic) bond motifs is 1. The number of hydrogen-bond acceptors (Lipinski definition) is 3. The van der Waals surface area contributed by atoms with Gasteiger partial charge in [-0.2, -0.15) is 0 Å². The van der Waals surface area contributed by atoms with E-state index in [2.05, 4.69) is 26.2 Å². The normalized spacial score (nSPS) is 11.0. The third-order valence-corrected chi connectivity index (χ3v) is 4.76. The molecule has 0 aliphatic rings. The zero-order valence-electron chi connectivity index (χ0n) is 12.3. The van der Waals surface area contributed by atoms with E-state index in [0.29, 0.717) is 32.8 Å². The molecule has 1 N–H and O–H groups in total. The van der Waals surface area contributed by atoms with Crippen LogP contribution in [0.2, 0.25) is 10.0 Å². The van der Waals surface area contributed by atoms with E-state index >= 15 is 0 Å². The highest BCUT2D eigenvalue weighted by Crippen LogP contribution is 2.34. The maximum Gasteiger partial charge on any atom is 0.208 e. The fourth-order valence-electron chi connectivity index (χ4n) is 2.34. The number of aromatic nitrogens is 2. The van der Waals surface area contributed by atoms with Crippen molar-refractivity contribution in [1.82, 2.24) is 9.55 Å². The molecule has 0 saturated carbocycles. The number of benzene rings is 2. The summed E-state index contributed by atoms with van der Waals surface area (Å²) in [5, 5.41) is 4.17. The number of ketones is 1. The van der Waals surface area contributed by atoms with Gasteiger partial charge in [0.25, 0.3) is 0 Å².